The standard InChI is InChI=1S/C18H19NO3/c1-21-16-9-14(10-17(11-16)22-2)18(20)19-15-7-6-12-4-3-5-13(12)8-15/h6-11H,3-5H2,1-2H3,(H,19,20). The zero-order valence-corrected chi connectivity index (χ0v) is 12.8. The number of hydrogen-bond donors (Lipinski definition) is 1. The molecule has 0 saturated heterocycles. The monoisotopic (exact) mass is 297 g/mol. The summed E-state index contributed by atoms with van der Waals surface area (Å²) in [6.45, 7) is 0. The van der Waals surface area contributed by atoms with Gasteiger partial charge in [-0.05, 0) is 54.7 Å². The third-order valence-corrected chi connectivity index (χ3v) is 3.97. The lowest BCUT2D eigenvalue weighted by Gasteiger charge is -2.10. The van der Waals surface area contributed by atoms with Crippen molar-refractivity contribution in [1.29, 1.82) is 0 Å². The number of benzene rings is 2. The molecule has 0 unspecified atom stereocenters. The zero-order chi connectivity index (χ0) is 15.5. The van der Waals surface area contributed by atoms with Gasteiger partial charge in [0.15, 0.2) is 0 Å². The molecule has 0 aliphatic heterocycles. The Balaban J connectivity index is 1.82. The van der Waals surface area contributed by atoms with Crippen LogP contribution in [0.4, 0.5) is 5.69 Å². The summed E-state index contributed by atoms with van der Waals surface area (Å²) in [6.07, 6.45) is 3.42. The number of methoxy groups -OCH3 is 2. The normalized spacial score (nSPS) is 12.6. The van der Waals surface area contributed by atoms with Crippen LogP contribution in [0.5, 0.6) is 11.5 Å². The van der Waals surface area contributed by atoms with Gasteiger partial charge < -0.3 is 14.8 Å². The highest BCUT2D eigenvalue weighted by Crippen LogP contribution is 2.26. The maximum Gasteiger partial charge on any atom is 0.255 e. The molecule has 1 amide bonds. The number of amides is 1. The maximum atomic E-state index is 12.4. The lowest BCUT2D eigenvalue weighted by Crippen LogP contribution is -2.12. The van der Waals surface area contributed by atoms with Gasteiger partial charge in [0, 0.05) is 17.3 Å². The molecule has 0 bridgehead atoms. The third-order valence-electron chi connectivity index (χ3n) is 3.97. The Morgan fingerprint density at radius 1 is 0.955 bits per heavy atom. The first-order valence-corrected chi connectivity index (χ1v) is 7.36. The highest BCUT2D eigenvalue weighted by atomic mass is 16.5. The molecule has 0 aromatic heterocycles. The molecule has 1 aliphatic carbocycles. The van der Waals surface area contributed by atoms with E-state index >= 15 is 0 Å². The average molecular weight is 297 g/mol. The summed E-state index contributed by atoms with van der Waals surface area (Å²) in [5, 5.41) is 2.94. The van der Waals surface area contributed by atoms with Crippen LogP contribution in [0.2, 0.25) is 0 Å². The smallest absolute Gasteiger partial charge is 0.255 e. The van der Waals surface area contributed by atoms with Crippen molar-refractivity contribution in [2.45, 2.75) is 19.3 Å². The minimum atomic E-state index is -0.171. The summed E-state index contributed by atoms with van der Waals surface area (Å²) in [4.78, 5) is 12.4. The quantitative estimate of drug-likeness (QED) is 0.940. The Labute approximate surface area is 130 Å². The van der Waals surface area contributed by atoms with Crippen LogP contribution in [0, 0.1) is 0 Å². The Morgan fingerprint density at radius 3 is 2.32 bits per heavy atom. The predicted octanol–water partition coefficient (Wildman–Crippen LogP) is 3.44. The molecule has 3 rings (SSSR count). The summed E-state index contributed by atoms with van der Waals surface area (Å²) in [5.74, 6) is 1.02. The van der Waals surface area contributed by atoms with E-state index in [1.807, 2.05) is 6.07 Å². The second kappa shape index (κ2) is 6.10. The van der Waals surface area contributed by atoms with Crippen molar-refractivity contribution in [2.75, 3.05) is 19.5 Å². The fourth-order valence-electron chi connectivity index (χ4n) is 2.79. The molecular formula is C18H19NO3. The van der Waals surface area contributed by atoms with Gasteiger partial charge in [-0.1, -0.05) is 6.07 Å². The molecule has 0 fully saturated rings. The summed E-state index contributed by atoms with van der Waals surface area (Å²) < 4.78 is 10.4. The van der Waals surface area contributed by atoms with E-state index in [0.717, 1.165) is 18.5 Å². The van der Waals surface area contributed by atoms with Crippen molar-refractivity contribution in [3.8, 4) is 11.5 Å². The number of carbonyl (C=O) groups is 1. The molecule has 1 aliphatic rings. The molecule has 0 atom stereocenters. The number of rotatable bonds is 4. The maximum absolute atomic E-state index is 12.4. The van der Waals surface area contributed by atoms with Crippen molar-refractivity contribution >= 4 is 11.6 Å². The fraction of sp³-hybridized carbons (Fsp3) is 0.278. The van der Waals surface area contributed by atoms with Gasteiger partial charge in [0.25, 0.3) is 5.91 Å². The number of fused-ring (bicyclic) bond motifs is 1. The molecule has 2 aromatic carbocycles. The Hall–Kier alpha value is -2.49. The van der Waals surface area contributed by atoms with E-state index in [9.17, 15) is 4.79 Å². The molecule has 0 saturated carbocycles. The molecule has 22 heavy (non-hydrogen) atoms. The number of hydrogen-bond acceptors (Lipinski definition) is 3. The van der Waals surface area contributed by atoms with E-state index in [1.54, 1.807) is 32.4 Å². The van der Waals surface area contributed by atoms with Crippen molar-refractivity contribution in [1.82, 2.24) is 0 Å². The van der Waals surface area contributed by atoms with Crippen LogP contribution < -0.4 is 14.8 Å². The van der Waals surface area contributed by atoms with Gasteiger partial charge in [-0.2, -0.15) is 0 Å². The lowest BCUT2D eigenvalue weighted by molar-refractivity contribution is 0.102. The van der Waals surface area contributed by atoms with Gasteiger partial charge in [0.1, 0.15) is 11.5 Å². The topological polar surface area (TPSA) is 47.6 Å². The van der Waals surface area contributed by atoms with Crippen LogP contribution >= 0.6 is 0 Å². The molecule has 1 N–H and O–H groups in total. The van der Waals surface area contributed by atoms with Gasteiger partial charge in [-0.25, -0.2) is 0 Å². The van der Waals surface area contributed by atoms with Crippen LogP contribution in [0.25, 0.3) is 0 Å². The summed E-state index contributed by atoms with van der Waals surface area (Å²) in [6, 6.07) is 11.3. The molecule has 114 valence electrons. The molecule has 0 heterocycles. The fourth-order valence-corrected chi connectivity index (χ4v) is 2.79. The van der Waals surface area contributed by atoms with Gasteiger partial charge >= 0.3 is 0 Å². The molecule has 2 aromatic rings. The second-order valence-electron chi connectivity index (χ2n) is 5.39. The first-order chi connectivity index (χ1) is 10.7. The van der Waals surface area contributed by atoms with E-state index < -0.39 is 0 Å². The van der Waals surface area contributed by atoms with Gasteiger partial charge in [0.05, 0.1) is 14.2 Å². The number of carbonyl (C=O) groups excluding carboxylic acids is 1. The van der Waals surface area contributed by atoms with Crippen LogP contribution in [-0.2, 0) is 12.8 Å². The van der Waals surface area contributed by atoms with E-state index in [2.05, 4.69) is 17.4 Å². The number of nitrogens with one attached hydrogen (secondary N) is 1. The van der Waals surface area contributed by atoms with E-state index in [-0.39, 0.29) is 5.91 Å². The van der Waals surface area contributed by atoms with E-state index in [4.69, 9.17) is 9.47 Å². The molecule has 4 heteroatoms. The average Bonchev–Trinajstić information content (AvgIpc) is 3.01. The summed E-state index contributed by atoms with van der Waals surface area (Å²) in [7, 11) is 3.13. The van der Waals surface area contributed by atoms with Gasteiger partial charge in [0.2, 0.25) is 0 Å². The van der Waals surface area contributed by atoms with Crippen LogP contribution in [0.1, 0.15) is 27.9 Å². The third kappa shape index (κ3) is 2.91. The van der Waals surface area contributed by atoms with Crippen LogP contribution in [0.3, 0.4) is 0 Å². The summed E-state index contributed by atoms with van der Waals surface area (Å²) in [5.41, 5.74) is 4.06. The van der Waals surface area contributed by atoms with E-state index in [1.165, 1.54) is 17.5 Å². The Morgan fingerprint density at radius 2 is 1.64 bits per heavy atom. The van der Waals surface area contributed by atoms with Crippen molar-refractivity contribution in [3.63, 3.8) is 0 Å². The minimum absolute atomic E-state index is 0.171. The van der Waals surface area contributed by atoms with Crippen LogP contribution in [0.15, 0.2) is 36.4 Å². The highest BCUT2D eigenvalue weighted by Gasteiger charge is 2.13. The Bertz CT molecular complexity index is 687. The van der Waals surface area contributed by atoms with Gasteiger partial charge in [-0.3, -0.25) is 4.79 Å². The Kier molecular flexibility index (Phi) is 4.00. The van der Waals surface area contributed by atoms with Crippen molar-refractivity contribution < 1.29 is 14.3 Å². The van der Waals surface area contributed by atoms with Gasteiger partial charge in [-0.15, -0.1) is 0 Å². The highest BCUT2D eigenvalue weighted by molar-refractivity contribution is 6.04. The van der Waals surface area contributed by atoms with Crippen molar-refractivity contribution in [3.05, 3.63) is 53.1 Å². The first-order valence-electron chi connectivity index (χ1n) is 7.36. The first kappa shape index (κ1) is 14.4. The molecule has 0 radical (unpaired) electrons. The number of anilines is 1. The molecular weight excluding hydrogens is 278 g/mol. The number of ether oxygens (including phenoxy) is 2. The lowest BCUT2D eigenvalue weighted by atomic mass is 10.1. The van der Waals surface area contributed by atoms with E-state index in [0.29, 0.717) is 17.1 Å². The zero-order valence-electron chi connectivity index (χ0n) is 12.8. The van der Waals surface area contributed by atoms with Crippen molar-refractivity contribution in [2.24, 2.45) is 0 Å². The summed E-state index contributed by atoms with van der Waals surface area (Å²) >= 11 is 0. The largest absolute Gasteiger partial charge is 0.497 e. The molecule has 4 nitrogen and oxygen atoms in total. The number of aryl methyl sites for hydroxylation is 2. The second-order valence-corrected chi connectivity index (χ2v) is 5.39. The predicted molar refractivity (Wildman–Crippen MR) is 86.0 cm³/mol. The minimum Gasteiger partial charge on any atom is -0.497 e. The molecule has 0 spiro atoms. The SMILES string of the molecule is COc1cc(OC)cc(C(=O)Nc2ccc3c(c2)CCC3)c1. The van der Waals surface area contributed by atoms with Crippen LogP contribution in [-0.4, -0.2) is 20.1 Å².